The largest absolute Gasteiger partial charge is 0.476 e. The molecule has 116 valence electrons. The van der Waals surface area contributed by atoms with E-state index in [-0.39, 0.29) is 18.1 Å². The Balaban J connectivity index is 1.85. The molecule has 0 saturated heterocycles. The van der Waals surface area contributed by atoms with Gasteiger partial charge in [0, 0.05) is 6.54 Å². The quantitative estimate of drug-likeness (QED) is 0.841. The number of aromatic nitrogens is 3. The lowest BCUT2D eigenvalue weighted by molar-refractivity contribution is -0.122. The molecule has 0 radical (unpaired) electrons. The van der Waals surface area contributed by atoms with Gasteiger partial charge in [-0.15, -0.1) is 5.10 Å². The van der Waals surface area contributed by atoms with Crippen molar-refractivity contribution >= 4 is 11.9 Å². The van der Waals surface area contributed by atoms with Crippen LogP contribution in [0.4, 0.5) is 0 Å². The van der Waals surface area contributed by atoms with Crippen LogP contribution in [0.25, 0.3) is 0 Å². The molecule has 0 spiro atoms. The fraction of sp³-hybridized carbons (Fsp3) is 0.333. The van der Waals surface area contributed by atoms with Crippen LogP contribution < -0.4 is 5.32 Å². The Morgan fingerprint density at radius 3 is 2.50 bits per heavy atom. The average Bonchev–Trinajstić information content (AvgIpc) is 2.94. The van der Waals surface area contributed by atoms with E-state index < -0.39 is 5.97 Å². The summed E-state index contributed by atoms with van der Waals surface area (Å²) in [7, 11) is 0. The zero-order chi connectivity index (χ0) is 16.1. The maximum Gasteiger partial charge on any atom is 0.358 e. The van der Waals surface area contributed by atoms with Gasteiger partial charge in [0.2, 0.25) is 5.91 Å². The Hall–Kier alpha value is -2.70. The molecule has 0 bridgehead atoms. The van der Waals surface area contributed by atoms with Gasteiger partial charge in [-0.25, -0.2) is 9.48 Å². The second kappa shape index (κ2) is 6.84. The molecule has 1 aromatic heterocycles. The van der Waals surface area contributed by atoms with Gasteiger partial charge in [-0.05, 0) is 17.0 Å². The van der Waals surface area contributed by atoms with Gasteiger partial charge in [-0.1, -0.05) is 43.3 Å². The molecule has 2 N–H and O–H groups in total. The Bertz CT molecular complexity index is 662. The molecule has 7 nitrogen and oxygen atoms in total. The molecular weight excluding hydrogens is 284 g/mol. The van der Waals surface area contributed by atoms with Crippen LogP contribution in [0.2, 0.25) is 0 Å². The van der Waals surface area contributed by atoms with E-state index in [0.29, 0.717) is 12.5 Å². The van der Waals surface area contributed by atoms with Gasteiger partial charge in [0.05, 0.1) is 6.20 Å². The molecule has 0 aliphatic carbocycles. The molecule has 0 unspecified atom stereocenters. The number of carbonyl (C=O) groups excluding carboxylic acids is 1. The lowest BCUT2D eigenvalue weighted by Gasteiger charge is -2.08. The van der Waals surface area contributed by atoms with Crippen molar-refractivity contribution in [3.05, 3.63) is 47.3 Å². The van der Waals surface area contributed by atoms with Gasteiger partial charge in [0.1, 0.15) is 6.54 Å². The fourth-order valence-corrected chi connectivity index (χ4v) is 1.90. The Labute approximate surface area is 128 Å². The van der Waals surface area contributed by atoms with E-state index in [9.17, 15) is 9.59 Å². The normalized spacial score (nSPS) is 10.7. The molecule has 0 aliphatic heterocycles. The third-order valence-corrected chi connectivity index (χ3v) is 3.20. The van der Waals surface area contributed by atoms with Crippen LogP contribution >= 0.6 is 0 Å². The van der Waals surface area contributed by atoms with Crippen molar-refractivity contribution in [2.24, 2.45) is 0 Å². The number of hydrogen-bond donors (Lipinski definition) is 2. The lowest BCUT2D eigenvalue weighted by Crippen LogP contribution is -2.27. The summed E-state index contributed by atoms with van der Waals surface area (Å²) in [5, 5.41) is 18.5. The van der Waals surface area contributed by atoms with Crippen LogP contribution in [0.3, 0.4) is 0 Å². The van der Waals surface area contributed by atoms with Crippen molar-refractivity contribution in [2.45, 2.75) is 32.9 Å². The summed E-state index contributed by atoms with van der Waals surface area (Å²) in [5.41, 5.74) is 2.07. The molecule has 1 aromatic carbocycles. The van der Waals surface area contributed by atoms with Gasteiger partial charge in [-0.2, -0.15) is 0 Å². The van der Waals surface area contributed by atoms with E-state index in [1.54, 1.807) is 0 Å². The summed E-state index contributed by atoms with van der Waals surface area (Å²) >= 11 is 0. The van der Waals surface area contributed by atoms with Gasteiger partial charge < -0.3 is 10.4 Å². The average molecular weight is 302 g/mol. The van der Waals surface area contributed by atoms with E-state index in [1.807, 2.05) is 24.3 Å². The summed E-state index contributed by atoms with van der Waals surface area (Å²) in [4.78, 5) is 22.5. The molecule has 2 rings (SSSR count). The topological polar surface area (TPSA) is 97.1 Å². The second-order valence-electron chi connectivity index (χ2n) is 5.28. The standard InChI is InChI=1S/C15H18N4O3/c1-10(2)12-5-3-11(4-6-12)7-16-14(20)9-19-8-13(15(21)22)17-18-19/h3-6,8,10H,7,9H2,1-2H3,(H,16,20)(H,21,22). The first-order valence-corrected chi connectivity index (χ1v) is 6.94. The van der Waals surface area contributed by atoms with Crippen molar-refractivity contribution in [1.29, 1.82) is 0 Å². The van der Waals surface area contributed by atoms with Crippen molar-refractivity contribution in [1.82, 2.24) is 20.3 Å². The first-order chi connectivity index (χ1) is 10.5. The van der Waals surface area contributed by atoms with E-state index in [0.717, 1.165) is 5.56 Å². The highest BCUT2D eigenvalue weighted by Gasteiger charge is 2.10. The zero-order valence-corrected chi connectivity index (χ0v) is 12.5. The summed E-state index contributed by atoms with van der Waals surface area (Å²) in [5.74, 6) is -0.953. The molecule has 0 atom stereocenters. The molecule has 1 heterocycles. The molecule has 22 heavy (non-hydrogen) atoms. The number of carboxylic acids is 1. The predicted molar refractivity (Wildman–Crippen MR) is 79.4 cm³/mol. The Kier molecular flexibility index (Phi) is 4.88. The monoisotopic (exact) mass is 302 g/mol. The van der Waals surface area contributed by atoms with Crippen LogP contribution in [0.15, 0.2) is 30.5 Å². The third kappa shape index (κ3) is 4.15. The van der Waals surface area contributed by atoms with Crippen molar-refractivity contribution in [3.63, 3.8) is 0 Å². The first kappa shape index (κ1) is 15.7. The van der Waals surface area contributed by atoms with E-state index in [4.69, 9.17) is 5.11 Å². The molecule has 7 heteroatoms. The number of rotatable bonds is 6. The highest BCUT2D eigenvalue weighted by molar-refractivity contribution is 5.84. The van der Waals surface area contributed by atoms with E-state index in [1.165, 1.54) is 16.4 Å². The number of amides is 1. The summed E-state index contributed by atoms with van der Waals surface area (Å²) < 4.78 is 1.20. The van der Waals surface area contributed by atoms with Gasteiger partial charge in [0.25, 0.3) is 0 Å². The number of hydrogen-bond acceptors (Lipinski definition) is 4. The van der Waals surface area contributed by atoms with Crippen LogP contribution in [-0.4, -0.2) is 32.0 Å². The van der Waals surface area contributed by atoms with Crippen molar-refractivity contribution in [3.8, 4) is 0 Å². The molecule has 0 saturated carbocycles. The summed E-state index contributed by atoms with van der Waals surface area (Å²) in [6, 6.07) is 8.05. The number of carboxylic acid groups (broad SMARTS) is 1. The SMILES string of the molecule is CC(C)c1ccc(CNC(=O)Cn2cc(C(=O)O)nn2)cc1. The van der Waals surface area contributed by atoms with E-state index >= 15 is 0 Å². The minimum atomic E-state index is -1.17. The lowest BCUT2D eigenvalue weighted by atomic mass is 10.0. The van der Waals surface area contributed by atoms with Crippen LogP contribution in [-0.2, 0) is 17.9 Å². The van der Waals surface area contributed by atoms with E-state index in [2.05, 4.69) is 29.5 Å². The summed E-state index contributed by atoms with van der Waals surface area (Å²) in [6.45, 7) is 4.60. The Morgan fingerprint density at radius 1 is 1.27 bits per heavy atom. The van der Waals surface area contributed by atoms with Gasteiger partial charge >= 0.3 is 5.97 Å². The predicted octanol–water partition coefficient (Wildman–Crippen LogP) is 1.42. The maximum atomic E-state index is 11.8. The summed E-state index contributed by atoms with van der Waals surface area (Å²) in [6.07, 6.45) is 1.22. The number of aromatic carboxylic acids is 1. The second-order valence-corrected chi connectivity index (χ2v) is 5.28. The molecule has 0 fully saturated rings. The number of benzene rings is 1. The number of carbonyl (C=O) groups is 2. The fourth-order valence-electron chi connectivity index (χ4n) is 1.90. The zero-order valence-electron chi connectivity index (χ0n) is 12.5. The van der Waals surface area contributed by atoms with Crippen LogP contribution in [0.1, 0.15) is 41.4 Å². The molecule has 2 aromatic rings. The first-order valence-electron chi connectivity index (χ1n) is 6.94. The Morgan fingerprint density at radius 2 is 1.95 bits per heavy atom. The molecule has 1 amide bonds. The number of nitrogens with one attached hydrogen (secondary N) is 1. The smallest absolute Gasteiger partial charge is 0.358 e. The third-order valence-electron chi connectivity index (χ3n) is 3.20. The molecular formula is C15H18N4O3. The minimum Gasteiger partial charge on any atom is -0.476 e. The van der Waals surface area contributed by atoms with Crippen molar-refractivity contribution < 1.29 is 14.7 Å². The van der Waals surface area contributed by atoms with Gasteiger partial charge in [0.15, 0.2) is 5.69 Å². The molecule has 0 aliphatic rings. The highest BCUT2D eigenvalue weighted by atomic mass is 16.4. The minimum absolute atomic E-state index is 0.0651. The highest BCUT2D eigenvalue weighted by Crippen LogP contribution is 2.14. The van der Waals surface area contributed by atoms with Crippen molar-refractivity contribution in [2.75, 3.05) is 0 Å². The number of nitrogens with zero attached hydrogens (tertiary/aromatic N) is 3. The van der Waals surface area contributed by atoms with Crippen LogP contribution in [0.5, 0.6) is 0 Å². The van der Waals surface area contributed by atoms with Gasteiger partial charge in [-0.3, -0.25) is 4.79 Å². The van der Waals surface area contributed by atoms with Crippen LogP contribution in [0, 0.1) is 0 Å². The maximum absolute atomic E-state index is 11.8.